The molecule has 4 aliphatic carbocycles. The molecule has 11 N–H and O–H groups in total. The normalized spacial score (nSPS) is 58.6. The van der Waals surface area contributed by atoms with Gasteiger partial charge in [0.2, 0.25) is 0 Å². The summed E-state index contributed by atoms with van der Waals surface area (Å²) in [5.74, 6) is 2.57. The van der Waals surface area contributed by atoms with E-state index in [4.69, 9.17) is 37.9 Å². The predicted octanol–water partition coefficient (Wildman–Crippen LogP) is -1.76. The summed E-state index contributed by atoms with van der Waals surface area (Å²) < 4.78 is 48.6. The first-order chi connectivity index (χ1) is 30.3. The van der Waals surface area contributed by atoms with Crippen molar-refractivity contribution in [2.24, 2.45) is 52.3 Å². The second-order valence-electron chi connectivity index (χ2n) is 21.7. The summed E-state index contributed by atoms with van der Waals surface area (Å²) in [5, 5.41) is 117. The Morgan fingerprint density at radius 3 is 1.89 bits per heavy atom. The molecule has 1 spiro atoms. The zero-order valence-corrected chi connectivity index (χ0v) is 37.3. The molecule has 4 saturated carbocycles. The third-order valence-corrected chi connectivity index (χ3v) is 18.3. The molecule has 5 saturated heterocycles. The Morgan fingerprint density at radius 1 is 0.609 bits per heavy atom. The highest BCUT2D eigenvalue weighted by molar-refractivity contribution is 5.16. The fourth-order valence-corrected chi connectivity index (χ4v) is 14.6. The van der Waals surface area contributed by atoms with E-state index in [9.17, 15) is 56.2 Å². The van der Waals surface area contributed by atoms with E-state index in [1.54, 1.807) is 0 Å². The van der Waals surface area contributed by atoms with Gasteiger partial charge < -0.3 is 94.1 Å². The summed E-state index contributed by atoms with van der Waals surface area (Å²) in [6.45, 7) is 8.09. The minimum atomic E-state index is -1.88. The Kier molecular flexibility index (Phi) is 13.7. The molecule has 0 aromatic heterocycles. The van der Waals surface area contributed by atoms with Crippen LogP contribution in [0.3, 0.4) is 0 Å². The van der Waals surface area contributed by atoms with Crippen molar-refractivity contribution < 1.29 is 94.1 Å². The van der Waals surface area contributed by atoms with E-state index in [1.165, 1.54) is 0 Å². The maximum atomic E-state index is 11.8. The van der Waals surface area contributed by atoms with Crippen LogP contribution in [0, 0.1) is 52.3 Å². The van der Waals surface area contributed by atoms with E-state index in [-0.39, 0.29) is 22.9 Å². The van der Waals surface area contributed by atoms with Crippen molar-refractivity contribution in [2.45, 2.75) is 202 Å². The highest BCUT2D eigenvalue weighted by Crippen LogP contribution is 2.71. The van der Waals surface area contributed by atoms with E-state index in [2.05, 4.69) is 27.7 Å². The quantitative estimate of drug-likeness (QED) is 0.114. The van der Waals surface area contributed by atoms with E-state index in [1.807, 2.05) is 0 Å². The van der Waals surface area contributed by atoms with Crippen LogP contribution in [0.25, 0.3) is 0 Å². The molecule has 0 amide bonds. The first kappa shape index (κ1) is 48.3. The largest absolute Gasteiger partial charge is 0.394 e. The molecule has 28 unspecified atom stereocenters. The van der Waals surface area contributed by atoms with Crippen LogP contribution in [0.2, 0.25) is 0 Å². The zero-order valence-electron chi connectivity index (χ0n) is 37.3. The van der Waals surface area contributed by atoms with Crippen molar-refractivity contribution >= 4 is 0 Å². The van der Waals surface area contributed by atoms with Crippen molar-refractivity contribution in [1.29, 1.82) is 0 Å². The van der Waals surface area contributed by atoms with Crippen molar-refractivity contribution in [1.82, 2.24) is 0 Å². The summed E-state index contributed by atoms with van der Waals surface area (Å²) in [6.07, 6.45) is -18.0. The maximum absolute atomic E-state index is 11.8. The van der Waals surface area contributed by atoms with Crippen LogP contribution in [0.1, 0.15) is 85.5 Å². The summed E-state index contributed by atoms with van der Waals surface area (Å²) >= 11 is 0. The Balaban J connectivity index is 0.840. The number of rotatable bonds is 9. The fraction of sp³-hybridized carbons (Fsp3) is 1.00. The van der Waals surface area contributed by atoms with E-state index >= 15 is 0 Å². The van der Waals surface area contributed by atoms with Gasteiger partial charge in [-0.15, -0.1) is 0 Å². The number of hydrogen-bond acceptors (Lipinski definition) is 19. The van der Waals surface area contributed by atoms with Crippen LogP contribution >= 0.6 is 0 Å². The number of fused-ring (bicyclic) bond motifs is 7. The second kappa shape index (κ2) is 18.2. The second-order valence-corrected chi connectivity index (χ2v) is 21.7. The molecule has 9 fully saturated rings. The number of aliphatic hydroxyl groups excluding tert-OH is 11. The topological polar surface area (TPSA) is 296 Å². The molecular formula is C45H74O19. The average molecular weight is 919 g/mol. The van der Waals surface area contributed by atoms with Gasteiger partial charge in [0, 0.05) is 12.3 Å². The molecule has 64 heavy (non-hydrogen) atoms. The standard InChI is InChI=1S/C45H74O19/c1-18-7-10-45(58-16-18)19(2)30-26(64-45)12-23-21-6-5-20-11-25(24(48)13-44(20,4)22(21)8-9-43(23,30)3)59-40-37(55)35(53)33(51)29(62-40)17-57-42-39(36(54)32(50)28(15-47)61-42)63-41-38(56)34(52)31(49)27(14-46)60-41/h18-42,46-56H,5-17H2,1-4H3. The van der Waals surface area contributed by atoms with E-state index in [0.717, 1.165) is 51.6 Å². The maximum Gasteiger partial charge on any atom is 0.187 e. The van der Waals surface area contributed by atoms with E-state index < -0.39 is 130 Å². The predicted molar refractivity (Wildman–Crippen MR) is 217 cm³/mol. The third-order valence-electron chi connectivity index (χ3n) is 18.3. The van der Waals surface area contributed by atoms with Gasteiger partial charge in [-0.05, 0) is 97.7 Å². The molecule has 19 heteroatoms. The van der Waals surface area contributed by atoms with E-state index in [0.29, 0.717) is 48.3 Å². The van der Waals surface area contributed by atoms with Gasteiger partial charge in [0.1, 0.15) is 73.2 Å². The number of hydrogen-bond donors (Lipinski definition) is 11. The van der Waals surface area contributed by atoms with Gasteiger partial charge >= 0.3 is 0 Å². The molecule has 5 heterocycles. The zero-order chi connectivity index (χ0) is 45.8. The summed E-state index contributed by atoms with van der Waals surface area (Å²) in [5.41, 5.74) is 0.0147. The third kappa shape index (κ3) is 7.95. The van der Waals surface area contributed by atoms with Crippen molar-refractivity contribution in [3.05, 3.63) is 0 Å². The van der Waals surface area contributed by atoms with Gasteiger partial charge in [0.25, 0.3) is 0 Å². The van der Waals surface area contributed by atoms with Crippen LogP contribution in [-0.4, -0.2) is 199 Å². The molecule has 0 bridgehead atoms. The lowest BCUT2D eigenvalue weighted by molar-refractivity contribution is -0.374. The average Bonchev–Trinajstić information content (AvgIpc) is 3.72. The minimum absolute atomic E-state index is 0.144. The first-order valence-electron chi connectivity index (χ1n) is 23.9. The molecule has 0 aromatic rings. The van der Waals surface area contributed by atoms with Crippen LogP contribution in [0.4, 0.5) is 0 Å². The summed E-state index contributed by atoms with van der Waals surface area (Å²) in [6, 6.07) is 0. The summed E-state index contributed by atoms with van der Waals surface area (Å²) in [4.78, 5) is 0. The summed E-state index contributed by atoms with van der Waals surface area (Å²) in [7, 11) is 0. The molecular weight excluding hydrogens is 844 g/mol. The highest BCUT2D eigenvalue weighted by Gasteiger charge is 2.69. The van der Waals surface area contributed by atoms with Crippen molar-refractivity contribution in [3.63, 3.8) is 0 Å². The molecule has 9 aliphatic rings. The number of ether oxygens (including phenoxy) is 8. The van der Waals surface area contributed by atoms with Gasteiger partial charge in [0.15, 0.2) is 24.7 Å². The first-order valence-corrected chi connectivity index (χ1v) is 23.9. The molecule has 28 atom stereocenters. The molecule has 368 valence electrons. The molecule has 0 aromatic carbocycles. The Morgan fingerprint density at radius 2 is 1.23 bits per heavy atom. The van der Waals surface area contributed by atoms with Gasteiger partial charge in [0.05, 0.1) is 44.7 Å². The van der Waals surface area contributed by atoms with Crippen LogP contribution in [0.15, 0.2) is 0 Å². The lowest BCUT2D eigenvalue weighted by atomic mass is 9.44. The van der Waals surface area contributed by atoms with Crippen molar-refractivity contribution in [2.75, 3.05) is 26.4 Å². The SMILES string of the molecule is CC1CCC2(OC1)OC1CC3C4CCC5CC(OC6OC(COC7OC(CO)C(O)C(O)C7OC7OC(CO)C(O)C(O)C7O)C(O)C(O)C6O)C(O)CC5(C)C4CCC3(C)C1C2C. The Labute approximate surface area is 373 Å². The van der Waals surface area contributed by atoms with Crippen LogP contribution < -0.4 is 0 Å². The molecule has 19 nitrogen and oxygen atoms in total. The molecule has 5 aliphatic heterocycles. The lowest BCUT2D eigenvalue weighted by Gasteiger charge is -2.62. The van der Waals surface area contributed by atoms with Crippen LogP contribution in [0.5, 0.6) is 0 Å². The highest BCUT2D eigenvalue weighted by atomic mass is 16.8. The smallest absolute Gasteiger partial charge is 0.187 e. The lowest BCUT2D eigenvalue weighted by Crippen LogP contribution is -2.65. The van der Waals surface area contributed by atoms with Gasteiger partial charge in [-0.1, -0.05) is 27.7 Å². The van der Waals surface area contributed by atoms with Crippen molar-refractivity contribution in [3.8, 4) is 0 Å². The molecule has 9 rings (SSSR count). The van der Waals surface area contributed by atoms with Crippen LogP contribution in [-0.2, 0) is 37.9 Å². The minimum Gasteiger partial charge on any atom is -0.394 e. The van der Waals surface area contributed by atoms with Gasteiger partial charge in [-0.25, -0.2) is 0 Å². The monoisotopic (exact) mass is 918 g/mol. The fourth-order valence-electron chi connectivity index (χ4n) is 14.6. The van der Waals surface area contributed by atoms with Gasteiger partial charge in [-0.2, -0.15) is 0 Å². The Hall–Kier alpha value is -0.760. The number of aliphatic hydroxyl groups is 11. The van der Waals surface area contributed by atoms with Gasteiger partial charge in [-0.3, -0.25) is 0 Å². The Bertz CT molecular complexity index is 1600. The molecule has 0 radical (unpaired) electrons.